The normalized spacial score (nSPS) is 10.9. The van der Waals surface area contributed by atoms with E-state index in [0.717, 1.165) is 0 Å². The second kappa shape index (κ2) is 3.86. The first-order chi connectivity index (χ1) is 5.20. The molecule has 1 N–H and O–H groups in total. The molecule has 3 nitrogen and oxygen atoms in total. The summed E-state index contributed by atoms with van der Waals surface area (Å²) in [5.41, 5.74) is 0. The molecule has 1 atom stereocenters. The summed E-state index contributed by atoms with van der Waals surface area (Å²) in [5.74, 6) is 0.256. The first-order valence-electron chi connectivity index (χ1n) is 2.79. The van der Waals surface area contributed by atoms with Crippen molar-refractivity contribution in [3.8, 4) is 5.75 Å². The van der Waals surface area contributed by atoms with E-state index in [2.05, 4.69) is 3.73 Å². The molecule has 0 aliphatic rings. The first-order valence-corrected chi connectivity index (χ1v) is 5.54. The molecule has 1 unspecified atom stereocenters. The van der Waals surface area contributed by atoms with Crippen LogP contribution in [-0.2, 0) is 3.74 Å². The zero-order valence-corrected chi connectivity index (χ0v) is 8.03. The summed E-state index contributed by atoms with van der Waals surface area (Å²) in [6.45, 7) is 0. The Bertz CT molecular complexity index is 276. The maximum atomic E-state index is 10.3. The third kappa shape index (κ3) is 2.62. The molecule has 1 rings (SSSR count). The number of rotatable bonds is 2. The van der Waals surface area contributed by atoms with Crippen LogP contribution in [0.25, 0.3) is 0 Å². The van der Waals surface area contributed by atoms with Gasteiger partial charge < -0.3 is 0 Å². The second-order valence-corrected chi connectivity index (χ2v) is 3.55. The molecule has 11 heavy (non-hydrogen) atoms. The molecule has 1 radical (unpaired) electrons. The molecule has 5 heteroatoms. The van der Waals surface area contributed by atoms with Crippen LogP contribution in [0.2, 0.25) is 5.02 Å². The standard InChI is InChI=1S/C6H5AsClO3/c8-5-3-1-2-4-6(5)11-7(9)10/h1-4H,(H,9,10). The van der Waals surface area contributed by atoms with Gasteiger partial charge in [0, 0.05) is 0 Å². The predicted molar refractivity (Wildman–Crippen MR) is 40.7 cm³/mol. The fourth-order valence-corrected chi connectivity index (χ4v) is 1.58. The summed E-state index contributed by atoms with van der Waals surface area (Å²) >= 11 is 2.30. The molecule has 1 aromatic rings. The third-order valence-electron chi connectivity index (χ3n) is 1.01. The average molecular weight is 235 g/mol. The van der Waals surface area contributed by atoms with Crippen molar-refractivity contribution < 1.29 is 11.6 Å². The molecule has 0 bridgehead atoms. The van der Waals surface area contributed by atoms with Gasteiger partial charge in [0.1, 0.15) is 0 Å². The van der Waals surface area contributed by atoms with Crippen molar-refractivity contribution in [2.24, 2.45) is 0 Å². The summed E-state index contributed by atoms with van der Waals surface area (Å²) in [5, 5.41) is 0.344. The van der Waals surface area contributed by atoms with E-state index in [4.69, 9.17) is 15.7 Å². The molecular weight excluding hydrogens is 230 g/mol. The third-order valence-corrected chi connectivity index (χ3v) is 2.07. The van der Waals surface area contributed by atoms with Crippen LogP contribution in [0.1, 0.15) is 0 Å². The topological polar surface area (TPSA) is 46.5 Å². The molecule has 0 saturated carbocycles. The van der Waals surface area contributed by atoms with E-state index in [0.29, 0.717) is 5.02 Å². The van der Waals surface area contributed by atoms with Crippen molar-refractivity contribution in [1.82, 2.24) is 0 Å². The Kier molecular flexibility index (Phi) is 3.06. The van der Waals surface area contributed by atoms with Gasteiger partial charge in [0.15, 0.2) is 0 Å². The van der Waals surface area contributed by atoms with E-state index < -0.39 is 15.3 Å². The summed E-state index contributed by atoms with van der Waals surface area (Å²) in [4.78, 5) is 0. The predicted octanol–water partition coefficient (Wildman–Crippen LogP) is 1.13. The van der Waals surface area contributed by atoms with E-state index in [1.54, 1.807) is 18.2 Å². The first kappa shape index (κ1) is 8.72. The molecule has 0 spiro atoms. The van der Waals surface area contributed by atoms with Gasteiger partial charge in [-0.05, 0) is 0 Å². The van der Waals surface area contributed by atoms with Crippen molar-refractivity contribution in [2.75, 3.05) is 0 Å². The molecule has 0 amide bonds. The van der Waals surface area contributed by atoms with E-state index in [-0.39, 0.29) is 5.75 Å². The van der Waals surface area contributed by atoms with Crippen LogP contribution in [0.5, 0.6) is 5.75 Å². The Balaban J connectivity index is 2.86. The van der Waals surface area contributed by atoms with Crippen molar-refractivity contribution in [2.45, 2.75) is 0 Å². The number of hydrogen-bond acceptors (Lipinski definition) is 2. The monoisotopic (exact) mass is 235 g/mol. The van der Waals surface area contributed by atoms with Crippen LogP contribution < -0.4 is 3.73 Å². The van der Waals surface area contributed by atoms with Crippen molar-refractivity contribution >= 4 is 26.9 Å². The van der Waals surface area contributed by atoms with Gasteiger partial charge >= 0.3 is 73.5 Å². The second-order valence-electron chi connectivity index (χ2n) is 1.76. The average Bonchev–Trinajstić information content (AvgIpc) is 1.93. The van der Waals surface area contributed by atoms with Gasteiger partial charge in [-0.2, -0.15) is 0 Å². The van der Waals surface area contributed by atoms with Gasteiger partial charge in [0.05, 0.1) is 0 Å². The van der Waals surface area contributed by atoms with Crippen LogP contribution >= 0.6 is 11.6 Å². The van der Waals surface area contributed by atoms with Crippen molar-refractivity contribution in [3.05, 3.63) is 29.3 Å². The van der Waals surface area contributed by atoms with E-state index in [1.165, 1.54) is 6.07 Å². The SMILES string of the molecule is O=[As](O)Oc1ccccc1Cl. The minimum atomic E-state index is -3.32. The van der Waals surface area contributed by atoms with Crippen LogP contribution in [0.4, 0.5) is 0 Å². The fraction of sp³-hybridized carbons (Fsp3) is 0. The molecule has 0 aliphatic heterocycles. The Morgan fingerprint density at radius 2 is 2.09 bits per heavy atom. The molecule has 1 aromatic carbocycles. The molecule has 0 aromatic heterocycles. The van der Waals surface area contributed by atoms with Gasteiger partial charge in [-0.15, -0.1) is 0 Å². The molecule has 0 saturated heterocycles. The van der Waals surface area contributed by atoms with Crippen LogP contribution in [0.3, 0.4) is 0 Å². The molecule has 59 valence electrons. The summed E-state index contributed by atoms with van der Waals surface area (Å²) in [6.07, 6.45) is 0. The van der Waals surface area contributed by atoms with Crippen LogP contribution in [0.15, 0.2) is 24.3 Å². The van der Waals surface area contributed by atoms with Crippen molar-refractivity contribution in [1.29, 1.82) is 0 Å². The zero-order valence-electron chi connectivity index (χ0n) is 5.40. The Morgan fingerprint density at radius 3 is 2.64 bits per heavy atom. The number of benzene rings is 1. The van der Waals surface area contributed by atoms with Crippen LogP contribution in [0, 0.1) is 0 Å². The number of hydrogen-bond donors (Lipinski definition) is 1. The van der Waals surface area contributed by atoms with Gasteiger partial charge in [0.2, 0.25) is 0 Å². The maximum absolute atomic E-state index is 10.3. The van der Waals surface area contributed by atoms with Gasteiger partial charge in [-0.3, -0.25) is 0 Å². The Labute approximate surface area is 73.7 Å². The van der Waals surface area contributed by atoms with Gasteiger partial charge in [-0.25, -0.2) is 0 Å². The molecule has 0 fully saturated rings. The molecule has 0 heterocycles. The summed E-state index contributed by atoms with van der Waals surface area (Å²) in [7, 11) is 0. The van der Waals surface area contributed by atoms with Crippen LogP contribution in [-0.4, -0.2) is 19.4 Å². The van der Waals surface area contributed by atoms with E-state index in [9.17, 15) is 3.74 Å². The summed E-state index contributed by atoms with van der Waals surface area (Å²) in [6, 6.07) is 6.53. The minimum absolute atomic E-state index is 0.256. The molecule has 0 aliphatic carbocycles. The number of halogens is 1. The summed E-state index contributed by atoms with van der Waals surface area (Å²) < 4.78 is 23.3. The quantitative estimate of drug-likeness (QED) is 0.782. The van der Waals surface area contributed by atoms with E-state index >= 15 is 0 Å². The van der Waals surface area contributed by atoms with Crippen molar-refractivity contribution in [3.63, 3.8) is 0 Å². The molecular formula is C6H5AsClO3. The number of para-hydroxylation sites is 1. The van der Waals surface area contributed by atoms with E-state index in [1.807, 2.05) is 0 Å². The van der Waals surface area contributed by atoms with Gasteiger partial charge in [-0.1, -0.05) is 0 Å². The Hall–Kier alpha value is -0.372. The van der Waals surface area contributed by atoms with Gasteiger partial charge in [0.25, 0.3) is 0 Å². The zero-order chi connectivity index (χ0) is 8.27. The fourth-order valence-electron chi connectivity index (χ4n) is 0.603. The Morgan fingerprint density at radius 1 is 1.45 bits per heavy atom.